The smallest absolute Gasteiger partial charge is 0.259 e. The number of carbonyl (C=O) groups excluding carboxylic acids is 1. The number of anilines is 1. The third-order valence-electron chi connectivity index (χ3n) is 4.18. The number of benzene rings is 3. The van der Waals surface area contributed by atoms with Crippen LogP contribution in [0.25, 0.3) is 0 Å². The number of methoxy groups -OCH3 is 1. The largest absolute Gasteiger partial charge is 0.507 e. The van der Waals surface area contributed by atoms with Crippen molar-refractivity contribution in [2.45, 2.75) is 6.61 Å². The molecule has 0 aliphatic heterocycles. The molecule has 0 spiro atoms. The molecule has 0 heterocycles. The van der Waals surface area contributed by atoms with Crippen molar-refractivity contribution in [2.24, 2.45) is 0 Å². The molecular formula is C23H22BrNO5. The molecule has 0 saturated heterocycles. The number of rotatable bonds is 9. The molecule has 0 aromatic heterocycles. The van der Waals surface area contributed by atoms with Gasteiger partial charge in [-0.15, -0.1) is 0 Å². The van der Waals surface area contributed by atoms with Crippen LogP contribution in [0.15, 0.2) is 71.2 Å². The molecule has 0 atom stereocenters. The second-order valence-corrected chi connectivity index (χ2v) is 7.33. The SMILES string of the molecule is COCCOc1ccc(C(=O)Nc2ccc(OCc3cccc(Br)c3)cc2)c(O)c1. The highest BCUT2D eigenvalue weighted by molar-refractivity contribution is 9.10. The quantitative estimate of drug-likeness (QED) is 0.428. The van der Waals surface area contributed by atoms with E-state index in [-0.39, 0.29) is 11.3 Å². The molecule has 0 radical (unpaired) electrons. The van der Waals surface area contributed by atoms with Crippen molar-refractivity contribution in [1.29, 1.82) is 0 Å². The first-order chi connectivity index (χ1) is 14.5. The maximum absolute atomic E-state index is 12.5. The molecule has 0 aliphatic carbocycles. The molecule has 0 saturated carbocycles. The lowest BCUT2D eigenvalue weighted by molar-refractivity contribution is 0.102. The molecule has 0 unspecified atom stereocenters. The van der Waals surface area contributed by atoms with Gasteiger partial charge in [-0.25, -0.2) is 0 Å². The Kier molecular flexibility index (Phi) is 7.70. The van der Waals surface area contributed by atoms with Gasteiger partial charge in [0.1, 0.15) is 30.5 Å². The van der Waals surface area contributed by atoms with E-state index < -0.39 is 5.91 Å². The molecule has 2 N–H and O–H groups in total. The van der Waals surface area contributed by atoms with Crippen LogP contribution in [0.2, 0.25) is 0 Å². The lowest BCUT2D eigenvalue weighted by atomic mass is 10.1. The van der Waals surface area contributed by atoms with Gasteiger partial charge in [-0.2, -0.15) is 0 Å². The van der Waals surface area contributed by atoms with Crippen molar-refractivity contribution in [3.63, 3.8) is 0 Å². The first-order valence-electron chi connectivity index (χ1n) is 9.28. The molecule has 1 amide bonds. The Hall–Kier alpha value is -3.03. The van der Waals surface area contributed by atoms with Gasteiger partial charge in [-0.05, 0) is 54.1 Å². The van der Waals surface area contributed by atoms with E-state index >= 15 is 0 Å². The zero-order valence-electron chi connectivity index (χ0n) is 16.4. The van der Waals surface area contributed by atoms with Crippen LogP contribution in [0.1, 0.15) is 15.9 Å². The van der Waals surface area contributed by atoms with Gasteiger partial charge in [-0.1, -0.05) is 28.1 Å². The number of phenolic OH excluding ortho intramolecular Hbond substituents is 1. The van der Waals surface area contributed by atoms with Crippen LogP contribution in [-0.4, -0.2) is 31.3 Å². The second kappa shape index (κ2) is 10.7. The summed E-state index contributed by atoms with van der Waals surface area (Å²) in [6, 6.07) is 19.5. The lowest BCUT2D eigenvalue weighted by Gasteiger charge is -2.11. The minimum atomic E-state index is -0.418. The van der Waals surface area contributed by atoms with Gasteiger partial charge in [0, 0.05) is 23.3 Å². The monoisotopic (exact) mass is 471 g/mol. The van der Waals surface area contributed by atoms with E-state index in [4.69, 9.17) is 14.2 Å². The van der Waals surface area contributed by atoms with Gasteiger partial charge in [0.05, 0.1) is 12.2 Å². The van der Waals surface area contributed by atoms with E-state index in [0.29, 0.717) is 37.0 Å². The maximum atomic E-state index is 12.5. The highest BCUT2D eigenvalue weighted by Crippen LogP contribution is 2.25. The van der Waals surface area contributed by atoms with Gasteiger partial charge < -0.3 is 24.6 Å². The van der Waals surface area contributed by atoms with Crippen molar-refractivity contribution >= 4 is 27.5 Å². The zero-order chi connectivity index (χ0) is 21.3. The Morgan fingerprint density at radius 3 is 2.43 bits per heavy atom. The summed E-state index contributed by atoms with van der Waals surface area (Å²) < 4.78 is 17.1. The van der Waals surface area contributed by atoms with Crippen LogP contribution in [0.3, 0.4) is 0 Å². The minimum Gasteiger partial charge on any atom is -0.507 e. The summed E-state index contributed by atoms with van der Waals surface area (Å²) >= 11 is 3.44. The van der Waals surface area contributed by atoms with Gasteiger partial charge in [0.2, 0.25) is 0 Å². The summed E-state index contributed by atoms with van der Waals surface area (Å²) in [4.78, 5) is 12.5. The summed E-state index contributed by atoms with van der Waals surface area (Å²) in [5.41, 5.74) is 1.80. The van der Waals surface area contributed by atoms with E-state index in [0.717, 1.165) is 10.0 Å². The molecule has 3 rings (SSSR count). The van der Waals surface area contributed by atoms with E-state index in [1.165, 1.54) is 12.1 Å². The fraction of sp³-hybridized carbons (Fsp3) is 0.174. The van der Waals surface area contributed by atoms with Crippen LogP contribution in [0.5, 0.6) is 17.2 Å². The number of hydrogen-bond acceptors (Lipinski definition) is 5. The molecule has 0 fully saturated rings. The molecule has 3 aromatic carbocycles. The molecule has 6 nitrogen and oxygen atoms in total. The highest BCUT2D eigenvalue weighted by Gasteiger charge is 2.12. The zero-order valence-corrected chi connectivity index (χ0v) is 18.0. The Morgan fingerprint density at radius 2 is 1.73 bits per heavy atom. The first kappa shape index (κ1) is 21.7. The third-order valence-corrected chi connectivity index (χ3v) is 4.67. The molecule has 30 heavy (non-hydrogen) atoms. The number of aromatic hydroxyl groups is 1. The summed E-state index contributed by atoms with van der Waals surface area (Å²) in [7, 11) is 1.58. The molecule has 0 bridgehead atoms. The van der Waals surface area contributed by atoms with Crippen LogP contribution in [-0.2, 0) is 11.3 Å². The Labute approximate surface area is 183 Å². The topological polar surface area (TPSA) is 77.0 Å². The van der Waals surface area contributed by atoms with Crippen molar-refractivity contribution < 1.29 is 24.1 Å². The normalized spacial score (nSPS) is 10.5. The number of carbonyl (C=O) groups is 1. The first-order valence-corrected chi connectivity index (χ1v) is 10.1. The average Bonchev–Trinajstić information content (AvgIpc) is 2.73. The van der Waals surface area contributed by atoms with Crippen molar-refractivity contribution in [1.82, 2.24) is 0 Å². The van der Waals surface area contributed by atoms with Gasteiger partial charge >= 0.3 is 0 Å². The Bertz CT molecular complexity index is 991. The van der Waals surface area contributed by atoms with E-state index in [1.807, 2.05) is 24.3 Å². The molecule has 7 heteroatoms. The second-order valence-electron chi connectivity index (χ2n) is 6.42. The average molecular weight is 472 g/mol. The van der Waals surface area contributed by atoms with Crippen molar-refractivity contribution in [3.8, 4) is 17.2 Å². The number of halogens is 1. The number of phenols is 1. The van der Waals surface area contributed by atoms with E-state index in [1.54, 1.807) is 37.4 Å². The number of hydrogen-bond donors (Lipinski definition) is 2. The van der Waals surface area contributed by atoms with Crippen LogP contribution >= 0.6 is 15.9 Å². The minimum absolute atomic E-state index is 0.156. The van der Waals surface area contributed by atoms with Gasteiger partial charge in [0.15, 0.2) is 0 Å². The van der Waals surface area contributed by atoms with Gasteiger partial charge in [-0.3, -0.25) is 4.79 Å². The summed E-state index contributed by atoms with van der Waals surface area (Å²) in [5.74, 6) is 0.580. The molecule has 3 aromatic rings. The molecule has 0 aliphatic rings. The number of amides is 1. The number of nitrogens with one attached hydrogen (secondary N) is 1. The predicted octanol–water partition coefficient (Wildman–Crippen LogP) is 5.01. The fourth-order valence-electron chi connectivity index (χ4n) is 2.66. The maximum Gasteiger partial charge on any atom is 0.259 e. The molecule has 156 valence electrons. The van der Waals surface area contributed by atoms with Crippen LogP contribution in [0, 0.1) is 0 Å². The summed E-state index contributed by atoms with van der Waals surface area (Å²) in [6.07, 6.45) is 0. The van der Waals surface area contributed by atoms with E-state index in [2.05, 4.69) is 21.2 Å². The standard InChI is InChI=1S/C23H22BrNO5/c1-28-11-12-29-20-9-10-21(22(26)14-20)23(27)25-18-5-7-19(8-6-18)30-15-16-3-2-4-17(24)13-16/h2-10,13-14,26H,11-12,15H2,1H3,(H,25,27). The highest BCUT2D eigenvalue weighted by atomic mass is 79.9. The van der Waals surface area contributed by atoms with Crippen LogP contribution < -0.4 is 14.8 Å². The Morgan fingerprint density at radius 1 is 0.967 bits per heavy atom. The summed E-state index contributed by atoms with van der Waals surface area (Å²) in [5, 5.41) is 12.9. The van der Waals surface area contributed by atoms with Gasteiger partial charge in [0.25, 0.3) is 5.91 Å². The Balaban J connectivity index is 1.56. The van der Waals surface area contributed by atoms with Crippen molar-refractivity contribution in [3.05, 3.63) is 82.3 Å². The molecular weight excluding hydrogens is 450 g/mol. The third kappa shape index (κ3) is 6.23. The number of ether oxygens (including phenoxy) is 3. The van der Waals surface area contributed by atoms with Crippen LogP contribution in [0.4, 0.5) is 5.69 Å². The summed E-state index contributed by atoms with van der Waals surface area (Å²) in [6.45, 7) is 1.24. The van der Waals surface area contributed by atoms with E-state index in [9.17, 15) is 9.90 Å². The van der Waals surface area contributed by atoms with Crippen molar-refractivity contribution in [2.75, 3.05) is 25.6 Å². The fourth-order valence-corrected chi connectivity index (χ4v) is 3.11. The predicted molar refractivity (Wildman–Crippen MR) is 118 cm³/mol. The lowest BCUT2D eigenvalue weighted by Crippen LogP contribution is -2.12.